The summed E-state index contributed by atoms with van der Waals surface area (Å²) < 4.78 is 9.32. The zero-order chi connectivity index (χ0) is 14.9. The monoisotopic (exact) mass is 362 g/mol. The maximum Gasteiger partial charge on any atom is 0.0776 e. The van der Waals surface area contributed by atoms with Crippen molar-refractivity contribution in [3.05, 3.63) is 34.4 Å². The molecule has 2 aromatic rings. The van der Waals surface area contributed by atoms with E-state index in [-0.39, 0.29) is 0 Å². The zero-order valence-electron chi connectivity index (χ0n) is 12.9. The first-order valence-electron chi connectivity index (χ1n) is 8.41. The number of hydrogen-bond donors (Lipinski definition) is 0. The molecule has 3 heterocycles. The van der Waals surface area contributed by atoms with E-state index < -0.39 is 0 Å². The molecule has 0 amide bonds. The highest BCUT2D eigenvalue weighted by atomic mass is 79.9. The van der Waals surface area contributed by atoms with E-state index in [0.29, 0.717) is 6.10 Å². The van der Waals surface area contributed by atoms with Gasteiger partial charge in [-0.1, -0.05) is 28.4 Å². The number of piperidine rings is 1. The number of halogens is 1. The fraction of sp³-hybridized carbons (Fsp3) is 0.556. The van der Waals surface area contributed by atoms with Crippen LogP contribution in [0.15, 0.2) is 28.7 Å². The summed E-state index contributed by atoms with van der Waals surface area (Å²) in [4.78, 5) is 2.60. The second-order valence-corrected chi connectivity index (χ2v) is 7.48. The smallest absolute Gasteiger partial charge is 0.0776 e. The van der Waals surface area contributed by atoms with E-state index in [4.69, 9.17) is 4.74 Å². The van der Waals surface area contributed by atoms with Crippen LogP contribution >= 0.6 is 15.9 Å². The van der Waals surface area contributed by atoms with E-state index in [2.05, 4.69) is 49.7 Å². The van der Waals surface area contributed by atoms with E-state index in [0.717, 1.165) is 24.2 Å². The average Bonchev–Trinajstić information content (AvgIpc) is 2.81. The molecule has 1 unspecified atom stereocenters. The molecule has 4 rings (SSSR count). The summed E-state index contributed by atoms with van der Waals surface area (Å²) in [5.74, 6) is 0. The van der Waals surface area contributed by atoms with Crippen molar-refractivity contribution in [3.63, 3.8) is 0 Å². The molecule has 4 heteroatoms. The molecule has 22 heavy (non-hydrogen) atoms. The third kappa shape index (κ3) is 2.97. The Morgan fingerprint density at radius 1 is 1.14 bits per heavy atom. The molecule has 0 saturated carbocycles. The number of benzene rings is 1. The summed E-state index contributed by atoms with van der Waals surface area (Å²) in [5, 5.41) is 1.34. The second-order valence-electron chi connectivity index (χ2n) is 6.57. The molecule has 118 valence electrons. The molecule has 0 bridgehead atoms. The number of nitrogens with zero attached hydrogens (tertiary/aromatic N) is 2. The molecule has 1 atom stereocenters. The quantitative estimate of drug-likeness (QED) is 0.811. The Labute approximate surface area is 140 Å². The molecular weight excluding hydrogens is 340 g/mol. The van der Waals surface area contributed by atoms with Crippen molar-refractivity contribution in [2.45, 2.75) is 44.9 Å². The minimum atomic E-state index is 0.398. The molecule has 0 aliphatic carbocycles. The third-order valence-corrected chi connectivity index (χ3v) is 5.46. The first-order chi connectivity index (χ1) is 10.8. The predicted molar refractivity (Wildman–Crippen MR) is 93.1 cm³/mol. The lowest BCUT2D eigenvalue weighted by atomic mass is 10.1. The summed E-state index contributed by atoms with van der Waals surface area (Å²) in [7, 11) is 0. The average molecular weight is 363 g/mol. The number of aromatic nitrogens is 1. The first-order valence-corrected chi connectivity index (χ1v) is 9.20. The molecule has 3 nitrogen and oxygen atoms in total. The van der Waals surface area contributed by atoms with Gasteiger partial charge in [0.15, 0.2) is 0 Å². The maximum absolute atomic E-state index is 5.68. The van der Waals surface area contributed by atoms with Crippen molar-refractivity contribution in [2.75, 3.05) is 19.7 Å². The van der Waals surface area contributed by atoms with Gasteiger partial charge in [-0.3, -0.25) is 4.90 Å². The SMILES string of the molecule is Brc1ccc2cc(CN3CCCCC3)n(CC3CCO3)c2c1. The van der Waals surface area contributed by atoms with Crippen LogP contribution in [0.5, 0.6) is 0 Å². The topological polar surface area (TPSA) is 17.4 Å². The van der Waals surface area contributed by atoms with Gasteiger partial charge in [-0.05, 0) is 55.9 Å². The Bertz CT molecular complexity index is 656. The Morgan fingerprint density at radius 2 is 1.95 bits per heavy atom. The first kappa shape index (κ1) is 14.7. The summed E-state index contributed by atoms with van der Waals surface area (Å²) >= 11 is 3.62. The predicted octanol–water partition coefficient (Wildman–Crippen LogP) is 4.18. The molecule has 2 saturated heterocycles. The van der Waals surface area contributed by atoms with Gasteiger partial charge in [0, 0.05) is 35.4 Å². The van der Waals surface area contributed by atoms with Crippen LogP contribution in [0, 0.1) is 0 Å². The van der Waals surface area contributed by atoms with Gasteiger partial charge in [-0.2, -0.15) is 0 Å². The summed E-state index contributed by atoms with van der Waals surface area (Å²) in [5.41, 5.74) is 2.77. The van der Waals surface area contributed by atoms with Gasteiger partial charge in [0.05, 0.1) is 6.10 Å². The van der Waals surface area contributed by atoms with Crippen LogP contribution < -0.4 is 0 Å². The van der Waals surface area contributed by atoms with E-state index >= 15 is 0 Å². The molecule has 2 aliphatic rings. The van der Waals surface area contributed by atoms with Gasteiger partial charge < -0.3 is 9.30 Å². The van der Waals surface area contributed by atoms with Crippen LogP contribution in [0.3, 0.4) is 0 Å². The third-order valence-electron chi connectivity index (χ3n) is 4.97. The number of likely N-dealkylation sites (tertiary alicyclic amines) is 1. The minimum absolute atomic E-state index is 0.398. The maximum atomic E-state index is 5.68. The minimum Gasteiger partial charge on any atom is -0.376 e. The molecular formula is C18H23BrN2O. The van der Waals surface area contributed by atoms with Crippen molar-refractivity contribution in [2.24, 2.45) is 0 Å². The van der Waals surface area contributed by atoms with E-state index in [9.17, 15) is 0 Å². The fourth-order valence-corrected chi connectivity index (χ4v) is 3.96. The Morgan fingerprint density at radius 3 is 2.68 bits per heavy atom. The van der Waals surface area contributed by atoms with E-state index in [1.807, 2.05) is 0 Å². The van der Waals surface area contributed by atoms with Crippen molar-refractivity contribution < 1.29 is 4.74 Å². The Balaban J connectivity index is 1.66. The Hall–Kier alpha value is -0.840. The highest BCUT2D eigenvalue weighted by Crippen LogP contribution is 2.27. The fourth-order valence-electron chi connectivity index (χ4n) is 3.61. The van der Waals surface area contributed by atoms with Crippen molar-refractivity contribution in [3.8, 4) is 0 Å². The summed E-state index contributed by atoms with van der Waals surface area (Å²) in [6.07, 6.45) is 5.67. The molecule has 2 fully saturated rings. The summed E-state index contributed by atoms with van der Waals surface area (Å²) in [6, 6.07) is 8.97. The van der Waals surface area contributed by atoms with Crippen LogP contribution in [-0.4, -0.2) is 35.3 Å². The molecule has 0 N–H and O–H groups in total. The summed E-state index contributed by atoms with van der Waals surface area (Å²) in [6.45, 7) is 5.47. The molecule has 2 aliphatic heterocycles. The van der Waals surface area contributed by atoms with Crippen molar-refractivity contribution >= 4 is 26.8 Å². The van der Waals surface area contributed by atoms with Gasteiger partial charge in [0.2, 0.25) is 0 Å². The molecule has 0 spiro atoms. The molecule has 0 radical (unpaired) electrons. The lowest BCUT2D eigenvalue weighted by Crippen LogP contribution is -2.33. The highest BCUT2D eigenvalue weighted by Gasteiger charge is 2.22. The standard InChI is InChI=1S/C18H23BrN2O/c19-15-5-4-14-10-16(12-20-7-2-1-3-8-20)21(18(14)11-15)13-17-6-9-22-17/h4-5,10-11,17H,1-3,6-9,12-13H2. The van der Waals surface area contributed by atoms with Gasteiger partial charge in [-0.15, -0.1) is 0 Å². The number of rotatable bonds is 4. The largest absolute Gasteiger partial charge is 0.376 e. The second kappa shape index (κ2) is 6.34. The van der Waals surface area contributed by atoms with Gasteiger partial charge in [0.1, 0.15) is 0 Å². The Kier molecular flexibility index (Phi) is 4.25. The lowest BCUT2D eigenvalue weighted by molar-refractivity contribution is -0.0591. The number of hydrogen-bond acceptors (Lipinski definition) is 2. The van der Waals surface area contributed by atoms with Crippen LogP contribution in [0.2, 0.25) is 0 Å². The van der Waals surface area contributed by atoms with Crippen LogP contribution in [0.25, 0.3) is 10.9 Å². The van der Waals surface area contributed by atoms with Crippen LogP contribution in [0.4, 0.5) is 0 Å². The number of fused-ring (bicyclic) bond motifs is 1. The normalized spacial score (nSPS) is 22.9. The molecule has 1 aromatic carbocycles. The van der Waals surface area contributed by atoms with Gasteiger partial charge in [-0.25, -0.2) is 0 Å². The zero-order valence-corrected chi connectivity index (χ0v) is 14.5. The lowest BCUT2D eigenvalue weighted by Gasteiger charge is -2.30. The van der Waals surface area contributed by atoms with Crippen molar-refractivity contribution in [1.82, 2.24) is 9.47 Å². The molecule has 1 aromatic heterocycles. The van der Waals surface area contributed by atoms with Gasteiger partial charge >= 0.3 is 0 Å². The number of ether oxygens (including phenoxy) is 1. The van der Waals surface area contributed by atoms with Crippen LogP contribution in [0.1, 0.15) is 31.4 Å². The highest BCUT2D eigenvalue weighted by molar-refractivity contribution is 9.10. The van der Waals surface area contributed by atoms with E-state index in [1.165, 1.54) is 55.4 Å². The van der Waals surface area contributed by atoms with Crippen molar-refractivity contribution in [1.29, 1.82) is 0 Å². The van der Waals surface area contributed by atoms with E-state index in [1.54, 1.807) is 0 Å². The van der Waals surface area contributed by atoms with Gasteiger partial charge in [0.25, 0.3) is 0 Å². The van der Waals surface area contributed by atoms with Crippen LogP contribution in [-0.2, 0) is 17.8 Å².